The molecule has 236 valence electrons. The first kappa shape index (κ1) is 29.3. The minimum atomic E-state index is -0.205. The van der Waals surface area contributed by atoms with Crippen molar-refractivity contribution in [3.8, 4) is 45.1 Å². The monoisotopic (exact) mass is 644 g/mol. The number of carbonyl (C=O) groups excluding carboxylic acids is 1. The fourth-order valence-electron chi connectivity index (χ4n) is 6.29. The summed E-state index contributed by atoms with van der Waals surface area (Å²) in [6.45, 7) is 3.71. The minimum Gasteiger partial charge on any atom is -0.488 e. The van der Waals surface area contributed by atoms with Gasteiger partial charge in [0.15, 0.2) is 6.10 Å². The number of thiophene rings is 1. The molecule has 2 aliphatic rings. The third-order valence-corrected chi connectivity index (χ3v) is 9.63. The van der Waals surface area contributed by atoms with Crippen molar-refractivity contribution in [1.29, 1.82) is 0 Å². The smallest absolute Gasteiger partial charge is 0.255 e. The van der Waals surface area contributed by atoms with Crippen molar-refractivity contribution in [1.82, 2.24) is 25.9 Å². The lowest BCUT2D eigenvalue weighted by Crippen LogP contribution is -2.81. The zero-order valence-electron chi connectivity index (χ0n) is 25.6. The number of ether oxygens (including phenoxy) is 2. The largest absolute Gasteiger partial charge is 0.488 e. The van der Waals surface area contributed by atoms with Gasteiger partial charge in [0.05, 0.1) is 6.54 Å². The van der Waals surface area contributed by atoms with Crippen molar-refractivity contribution in [3.63, 3.8) is 0 Å². The molecule has 0 aliphatic carbocycles. The SMILES string of the molecule is O=C(Nc1ccc(OC2CC[NH2+]C2)c(-c2cccc(-c3nn[nH]n3)c2)c1)c1ccc(OC2CCNC2)c(-c2ccc3ccsc3c2)c1. The quantitative estimate of drug-likeness (QED) is 0.172. The van der Waals surface area contributed by atoms with Crippen molar-refractivity contribution in [2.75, 3.05) is 31.5 Å². The summed E-state index contributed by atoms with van der Waals surface area (Å²) in [5.41, 5.74) is 5.76. The van der Waals surface area contributed by atoms with Crippen LogP contribution in [-0.2, 0) is 0 Å². The fourth-order valence-corrected chi connectivity index (χ4v) is 7.12. The van der Waals surface area contributed by atoms with Gasteiger partial charge in [-0.15, -0.1) is 21.5 Å². The van der Waals surface area contributed by atoms with Crippen LogP contribution in [0.25, 0.3) is 43.7 Å². The van der Waals surface area contributed by atoms with Gasteiger partial charge in [0, 0.05) is 45.6 Å². The second-order valence-corrected chi connectivity index (χ2v) is 12.9. The van der Waals surface area contributed by atoms with Gasteiger partial charge in [-0.05, 0) is 94.7 Å². The number of amides is 1. The molecule has 8 rings (SSSR count). The average Bonchev–Trinajstić information content (AvgIpc) is 3.94. The van der Waals surface area contributed by atoms with Crippen LogP contribution in [0.5, 0.6) is 11.5 Å². The van der Waals surface area contributed by atoms with Crippen LogP contribution in [-0.4, -0.2) is 64.9 Å². The van der Waals surface area contributed by atoms with Crippen LogP contribution >= 0.6 is 11.3 Å². The van der Waals surface area contributed by atoms with E-state index in [0.717, 1.165) is 78.3 Å². The summed E-state index contributed by atoms with van der Waals surface area (Å²) in [7, 11) is 0. The van der Waals surface area contributed by atoms with E-state index in [-0.39, 0.29) is 18.1 Å². The van der Waals surface area contributed by atoms with Gasteiger partial charge in [-0.1, -0.05) is 30.3 Å². The Balaban J connectivity index is 1.12. The number of aromatic nitrogens is 4. The lowest BCUT2D eigenvalue weighted by Gasteiger charge is -2.18. The molecule has 47 heavy (non-hydrogen) atoms. The molecule has 2 aliphatic heterocycles. The highest BCUT2D eigenvalue weighted by Crippen LogP contribution is 2.37. The number of tetrazole rings is 1. The molecular weight excluding hydrogens is 611 g/mol. The van der Waals surface area contributed by atoms with E-state index in [1.54, 1.807) is 11.3 Å². The molecule has 4 heterocycles. The Kier molecular flexibility index (Phi) is 8.08. The highest BCUT2D eigenvalue weighted by atomic mass is 32.1. The Morgan fingerprint density at radius 2 is 1.72 bits per heavy atom. The van der Waals surface area contributed by atoms with Gasteiger partial charge in [-0.2, -0.15) is 5.21 Å². The molecule has 2 aromatic heterocycles. The highest BCUT2D eigenvalue weighted by Gasteiger charge is 2.23. The van der Waals surface area contributed by atoms with Crippen LogP contribution in [0, 0.1) is 0 Å². The molecule has 0 bridgehead atoms. The van der Waals surface area contributed by atoms with E-state index >= 15 is 0 Å². The number of hydrogen-bond donors (Lipinski definition) is 4. The van der Waals surface area contributed by atoms with Crippen molar-refractivity contribution < 1.29 is 19.6 Å². The van der Waals surface area contributed by atoms with E-state index in [4.69, 9.17) is 9.47 Å². The summed E-state index contributed by atoms with van der Waals surface area (Å²) in [6.07, 6.45) is 2.16. The van der Waals surface area contributed by atoms with Gasteiger partial charge in [0.25, 0.3) is 5.91 Å². The molecule has 2 fully saturated rings. The van der Waals surface area contributed by atoms with Crippen LogP contribution in [0.4, 0.5) is 5.69 Å². The molecule has 5 N–H and O–H groups in total. The number of nitrogens with two attached hydrogens (primary N) is 1. The molecule has 2 saturated heterocycles. The molecule has 1 amide bonds. The zero-order valence-corrected chi connectivity index (χ0v) is 26.4. The van der Waals surface area contributed by atoms with E-state index in [1.165, 1.54) is 10.1 Å². The fraction of sp³-hybridized carbons (Fsp3) is 0.222. The molecule has 10 nitrogen and oxygen atoms in total. The molecule has 0 radical (unpaired) electrons. The number of rotatable bonds is 9. The molecule has 4 aromatic carbocycles. The maximum atomic E-state index is 13.8. The van der Waals surface area contributed by atoms with E-state index < -0.39 is 0 Å². The number of carbonyl (C=O) groups is 1. The lowest BCUT2D eigenvalue weighted by molar-refractivity contribution is -0.638. The number of fused-ring (bicyclic) bond motifs is 1. The summed E-state index contributed by atoms with van der Waals surface area (Å²) >= 11 is 1.70. The van der Waals surface area contributed by atoms with E-state index in [1.807, 2.05) is 60.7 Å². The normalized spacial score (nSPS) is 17.6. The summed E-state index contributed by atoms with van der Waals surface area (Å²) in [4.78, 5) is 13.8. The van der Waals surface area contributed by atoms with Crippen LogP contribution in [0.1, 0.15) is 23.2 Å². The maximum Gasteiger partial charge on any atom is 0.255 e. The van der Waals surface area contributed by atoms with Crippen LogP contribution in [0.15, 0.2) is 90.3 Å². The molecule has 0 spiro atoms. The van der Waals surface area contributed by atoms with E-state index in [9.17, 15) is 4.79 Å². The summed E-state index contributed by atoms with van der Waals surface area (Å²) in [6, 6.07) is 27.9. The lowest BCUT2D eigenvalue weighted by atomic mass is 10.00. The first-order valence-corrected chi connectivity index (χ1v) is 16.8. The van der Waals surface area contributed by atoms with Gasteiger partial charge < -0.3 is 25.4 Å². The van der Waals surface area contributed by atoms with Crippen molar-refractivity contribution in [2.24, 2.45) is 0 Å². The standard InChI is InChI=1S/C36H33N7O3S/c44-36(26-6-8-32(45-28-10-13-37-20-28)30(17-26)24-5-4-22-12-15-47-34(22)18-24)39-27-7-9-33(46-29-11-14-38-21-29)31(19-27)23-2-1-3-25(16-23)35-40-42-43-41-35/h1-9,12,15-19,28-29,37-38H,10-11,13-14,20-21H2,(H,39,44)(H,40,41,42,43)/p+1. The molecule has 2 atom stereocenters. The van der Waals surface area contributed by atoms with E-state index in [0.29, 0.717) is 17.1 Å². The van der Waals surface area contributed by atoms with Crippen LogP contribution < -0.4 is 25.4 Å². The Labute approximate surface area is 275 Å². The number of aromatic amines is 1. The number of nitrogens with zero attached hydrogens (tertiary/aromatic N) is 3. The number of H-pyrrole nitrogens is 1. The number of benzene rings is 4. The summed E-state index contributed by atoms with van der Waals surface area (Å²) in [5.74, 6) is 1.85. The maximum absolute atomic E-state index is 13.8. The molecule has 11 heteroatoms. The summed E-state index contributed by atoms with van der Waals surface area (Å²) in [5, 5.41) is 26.6. The third-order valence-electron chi connectivity index (χ3n) is 8.75. The number of quaternary nitrogens is 1. The Bertz CT molecular complexity index is 2030. The molecule has 2 unspecified atom stereocenters. The Morgan fingerprint density at radius 3 is 2.55 bits per heavy atom. The Morgan fingerprint density at radius 1 is 0.872 bits per heavy atom. The van der Waals surface area contributed by atoms with Gasteiger partial charge in [-0.25, -0.2) is 0 Å². The molecule has 0 saturated carbocycles. The third kappa shape index (κ3) is 6.33. The van der Waals surface area contributed by atoms with Gasteiger partial charge >= 0.3 is 0 Å². The summed E-state index contributed by atoms with van der Waals surface area (Å²) < 4.78 is 14.1. The second kappa shape index (κ2) is 13.0. The average molecular weight is 645 g/mol. The van der Waals surface area contributed by atoms with Gasteiger partial charge in [-0.3, -0.25) is 4.79 Å². The second-order valence-electron chi connectivity index (χ2n) is 11.9. The predicted octanol–water partition coefficient (Wildman–Crippen LogP) is 5.12. The zero-order chi connectivity index (χ0) is 31.6. The number of hydrogen-bond acceptors (Lipinski definition) is 8. The van der Waals surface area contributed by atoms with Gasteiger partial charge in [0.1, 0.15) is 24.1 Å². The van der Waals surface area contributed by atoms with Crippen molar-refractivity contribution in [3.05, 3.63) is 95.9 Å². The van der Waals surface area contributed by atoms with Crippen LogP contribution in [0.3, 0.4) is 0 Å². The first-order chi connectivity index (χ1) is 23.2. The first-order valence-electron chi connectivity index (χ1n) is 15.9. The minimum absolute atomic E-state index is 0.0961. The Hall–Kier alpha value is -5.10. The van der Waals surface area contributed by atoms with Crippen molar-refractivity contribution >= 4 is 33.0 Å². The molecule has 6 aromatic rings. The van der Waals surface area contributed by atoms with Crippen molar-refractivity contribution in [2.45, 2.75) is 25.0 Å². The number of nitrogens with one attached hydrogen (secondary N) is 3. The molecular formula is C36H34N7O3S+. The highest BCUT2D eigenvalue weighted by molar-refractivity contribution is 7.17. The van der Waals surface area contributed by atoms with E-state index in [2.05, 4.69) is 66.2 Å². The van der Waals surface area contributed by atoms with Crippen LogP contribution in [0.2, 0.25) is 0 Å². The van der Waals surface area contributed by atoms with Gasteiger partial charge in [0.2, 0.25) is 5.82 Å². The predicted molar refractivity (Wildman–Crippen MR) is 183 cm³/mol. The number of anilines is 1. The topological polar surface area (TPSA) is 131 Å².